The normalized spacial score (nSPS) is 31.4. The third kappa shape index (κ3) is 2.87. The Bertz CT molecular complexity index is 675. The highest BCUT2D eigenvalue weighted by molar-refractivity contribution is 5.83. The summed E-state index contributed by atoms with van der Waals surface area (Å²) < 4.78 is 26.4. The van der Waals surface area contributed by atoms with Crippen LogP contribution >= 0.6 is 0 Å². The molecule has 3 atom stereocenters. The van der Waals surface area contributed by atoms with Crippen molar-refractivity contribution >= 4 is 5.91 Å². The van der Waals surface area contributed by atoms with E-state index in [1.807, 2.05) is 20.8 Å². The molecule has 2 fully saturated rings. The average Bonchev–Trinajstić information content (AvgIpc) is 3.05. The summed E-state index contributed by atoms with van der Waals surface area (Å²) in [6, 6.07) is 6.66. The van der Waals surface area contributed by atoms with E-state index in [1.54, 1.807) is 37.2 Å². The van der Waals surface area contributed by atoms with Crippen molar-refractivity contribution in [2.75, 3.05) is 14.1 Å². The number of rotatable bonds is 5. The number of halogens is 1. The molecular formula is C20H28FNO3. The molecule has 25 heavy (non-hydrogen) atoms. The molecule has 1 aromatic rings. The van der Waals surface area contributed by atoms with Gasteiger partial charge in [-0.15, -0.1) is 0 Å². The van der Waals surface area contributed by atoms with E-state index in [0.717, 1.165) is 12.8 Å². The number of benzene rings is 1. The van der Waals surface area contributed by atoms with Gasteiger partial charge in [-0.05, 0) is 39.7 Å². The highest BCUT2D eigenvalue weighted by atomic mass is 19.1. The molecule has 0 N–H and O–H groups in total. The number of carbonyl (C=O) groups is 1. The first-order chi connectivity index (χ1) is 11.6. The molecule has 1 aromatic carbocycles. The Hall–Kier alpha value is -1.46. The minimum Gasteiger partial charge on any atom is -0.370 e. The molecule has 0 saturated carbocycles. The van der Waals surface area contributed by atoms with E-state index in [2.05, 4.69) is 0 Å². The first kappa shape index (κ1) is 18.3. The van der Waals surface area contributed by atoms with Crippen LogP contribution in [0, 0.1) is 11.2 Å². The number of hydrogen-bond donors (Lipinski definition) is 0. The number of amides is 1. The number of hydrogen-bond acceptors (Lipinski definition) is 3. The van der Waals surface area contributed by atoms with Gasteiger partial charge in [0, 0.05) is 26.1 Å². The predicted molar refractivity (Wildman–Crippen MR) is 93.5 cm³/mol. The first-order valence-corrected chi connectivity index (χ1v) is 8.88. The Labute approximate surface area is 149 Å². The van der Waals surface area contributed by atoms with Crippen LogP contribution in [0.2, 0.25) is 0 Å². The van der Waals surface area contributed by atoms with Crippen molar-refractivity contribution in [1.82, 2.24) is 4.90 Å². The summed E-state index contributed by atoms with van der Waals surface area (Å²) in [6.07, 6.45) is 2.20. The van der Waals surface area contributed by atoms with Gasteiger partial charge >= 0.3 is 0 Å². The Balaban J connectivity index is 1.77. The Morgan fingerprint density at radius 3 is 2.68 bits per heavy atom. The van der Waals surface area contributed by atoms with Crippen molar-refractivity contribution in [3.63, 3.8) is 0 Å². The molecule has 2 heterocycles. The number of carbonyl (C=O) groups excluding carboxylic acids is 1. The molecule has 138 valence electrons. The lowest BCUT2D eigenvalue weighted by Crippen LogP contribution is -2.52. The average molecular weight is 349 g/mol. The van der Waals surface area contributed by atoms with Gasteiger partial charge in [-0.1, -0.05) is 18.2 Å². The SMILES string of the molecule is CN(C)C(=O)C(C)(C)[C@@]12CC[C@@](C)(O1)[C@@H](OCc1ccccc1F)C2. The summed E-state index contributed by atoms with van der Waals surface area (Å²) in [5, 5.41) is 0. The lowest BCUT2D eigenvalue weighted by molar-refractivity contribution is -0.160. The molecule has 0 aromatic heterocycles. The summed E-state index contributed by atoms with van der Waals surface area (Å²) in [7, 11) is 3.55. The number of nitrogens with zero attached hydrogens (tertiary/aromatic N) is 1. The van der Waals surface area contributed by atoms with Crippen molar-refractivity contribution in [3.8, 4) is 0 Å². The van der Waals surface area contributed by atoms with Crippen molar-refractivity contribution < 1.29 is 18.7 Å². The molecule has 0 aliphatic carbocycles. The summed E-state index contributed by atoms with van der Waals surface area (Å²) in [4.78, 5) is 14.4. The second-order valence-electron chi connectivity index (χ2n) is 8.33. The Morgan fingerprint density at radius 2 is 2.04 bits per heavy atom. The van der Waals surface area contributed by atoms with Gasteiger partial charge in [0.2, 0.25) is 5.91 Å². The summed E-state index contributed by atoms with van der Waals surface area (Å²) in [5.74, 6) is -0.193. The maximum absolute atomic E-state index is 13.8. The molecule has 2 aliphatic rings. The standard InChI is InChI=1S/C20H28FNO3/c1-18(2,17(23)22(4)5)20-11-10-19(3,25-20)16(12-20)24-13-14-8-6-7-9-15(14)21/h6-9,16H,10-13H2,1-5H3/t16-,19+,20-/m0/s1. The highest BCUT2D eigenvalue weighted by Gasteiger charge is 2.66. The maximum atomic E-state index is 13.8. The molecule has 0 spiro atoms. The number of fused-ring (bicyclic) bond motifs is 2. The molecule has 3 rings (SSSR count). The molecule has 5 heteroatoms. The van der Waals surface area contributed by atoms with Gasteiger partial charge in [-0.25, -0.2) is 4.39 Å². The van der Waals surface area contributed by atoms with E-state index in [1.165, 1.54) is 6.07 Å². The fourth-order valence-electron chi connectivity index (χ4n) is 4.37. The van der Waals surface area contributed by atoms with Gasteiger partial charge in [-0.3, -0.25) is 4.79 Å². The third-order valence-electron chi connectivity index (χ3n) is 6.13. The molecule has 0 unspecified atom stereocenters. The van der Waals surface area contributed by atoms with E-state index < -0.39 is 16.6 Å². The zero-order chi connectivity index (χ0) is 18.5. The summed E-state index contributed by atoms with van der Waals surface area (Å²) >= 11 is 0. The molecule has 2 saturated heterocycles. The molecule has 1 amide bonds. The van der Waals surface area contributed by atoms with Gasteiger partial charge in [0.05, 0.1) is 29.3 Å². The molecule has 0 radical (unpaired) electrons. The van der Waals surface area contributed by atoms with E-state index in [4.69, 9.17) is 9.47 Å². The first-order valence-electron chi connectivity index (χ1n) is 8.88. The van der Waals surface area contributed by atoms with Crippen LogP contribution in [0.5, 0.6) is 0 Å². The van der Waals surface area contributed by atoms with Crippen molar-refractivity contribution in [2.45, 2.75) is 63.9 Å². The fraction of sp³-hybridized carbons (Fsp3) is 0.650. The summed E-state index contributed by atoms with van der Waals surface area (Å²) in [5.41, 5.74) is -1.03. The van der Waals surface area contributed by atoms with Crippen LogP contribution in [0.3, 0.4) is 0 Å². The second kappa shape index (κ2) is 6.06. The van der Waals surface area contributed by atoms with Crippen LogP contribution < -0.4 is 0 Å². The Kier molecular flexibility index (Phi) is 4.44. The van der Waals surface area contributed by atoms with Crippen molar-refractivity contribution in [1.29, 1.82) is 0 Å². The van der Waals surface area contributed by atoms with Gasteiger partial charge in [-0.2, -0.15) is 0 Å². The Morgan fingerprint density at radius 1 is 1.36 bits per heavy atom. The second-order valence-corrected chi connectivity index (χ2v) is 8.33. The third-order valence-corrected chi connectivity index (χ3v) is 6.13. The van der Waals surface area contributed by atoms with Gasteiger partial charge in [0.25, 0.3) is 0 Å². The predicted octanol–water partition coefficient (Wildman–Crippen LogP) is 3.54. The smallest absolute Gasteiger partial charge is 0.230 e. The fourth-order valence-corrected chi connectivity index (χ4v) is 4.37. The van der Waals surface area contributed by atoms with E-state index in [9.17, 15) is 9.18 Å². The van der Waals surface area contributed by atoms with Crippen molar-refractivity contribution in [2.24, 2.45) is 5.41 Å². The van der Waals surface area contributed by atoms with Crippen molar-refractivity contribution in [3.05, 3.63) is 35.6 Å². The largest absolute Gasteiger partial charge is 0.370 e. The van der Waals surface area contributed by atoms with Crippen LogP contribution in [-0.2, 0) is 20.9 Å². The zero-order valence-corrected chi connectivity index (χ0v) is 15.8. The highest BCUT2D eigenvalue weighted by Crippen LogP contribution is 2.59. The lowest BCUT2D eigenvalue weighted by Gasteiger charge is -2.41. The van der Waals surface area contributed by atoms with E-state index >= 15 is 0 Å². The van der Waals surface area contributed by atoms with E-state index in [0.29, 0.717) is 12.0 Å². The van der Waals surface area contributed by atoms with Crippen LogP contribution in [0.15, 0.2) is 24.3 Å². The lowest BCUT2D eigenvalue weighted by atomic mass is 9.66. The molecule has 2 aliphatic heterocycles. The van der Waals surface area contributed by atoms with Crippen LogP contribution in [-0.4, -0.2) is 42.2 Å². The van der Waals surface area contributed by atoms with Gasteiger partial charge in [0.15, 0.2) is 0 Å². The summed E-state index contributed by atoms with van der Waals surface area (Å²) in [6.45, 7) is 6.18. The topological polar surface area (TPSA) is 38.8 Å². The minimum atomic E-state index is -0.635. The number of ether oxygens (including phenoxy) is 2. The van der Waals surface area contributed by atoms with Gasteiger partial charge in [0.1, 0.15) is 5.82 Å². The molecule has 4 nitrogen and oxygen atoms in total. The maximum Gasteiger partial charge on any atom is 0.230 e. The van der Waals surface area contributed by atoms with Gasteiger partial charge < -0.3 is 14.4 Å². The monoisotopic (exact) mass is 349 g/mol. The van der Waals surface area contributed by atoms with E-state index in [-0.39, 0.29) is 24.4 Å². The van der Waals surface area contributed by atoms with Crippen LogP contribution in [0.25, 0.3) is 0 Å². The van der Waals surface area contributed by atoms with Crippen LogP contribution in [0.1, 0.15) is 45.6 Å². The minimum absolute atomic E-state index is 0.0616. The zero-order valence-electron chi connectivity index (χ0n) is 15.8. The van der Waals surface area contributed by atoms with Crippen LogP contribution in [0.4, 0.5) is 4.39 Å². The quantitative estimate of drug-likeness (QED) is 0.816. The molecular weight excluding hydrogens is 321 g/mol. The molecule has 2 bridgehead atoms.